The zero-order chi connectivity index (χ0) is 17.8. The minimum Gasteiger partial charge on any atom is -0.324 e. The number of nitrogens with one attached hydrogen (secondary N) is 1. The number of rotatable bonds is 5. The van der Waals surface area contributed by atoms with Crippen molar-refractivity contribution in [2.24, 2.45) is 0 Å². The second-order valence-electron chi connectivity index (χ2n) is 5.81. The molecule has 3 aromatic heterocycles. The molecule has 0 fully saturated rings. The average Bonchev–Trinajstić information content (AvgIpc) is 3.35. The predicted octanol–water partition coefficient (Wildman–Crippen LogP) is 3.37. The first-order valence-electron chi connectivity index (χ1n) is 8.26. The number of carbonyl (C=O) groups excluding carboxylic acids is 1. The maximum atomic E-state index is 12.4. The molecule has 0 aliphatic carbocycles. The summed E-state index contributed by atoms with van der Waals surface area (Å²) >= 11 is 0. The lowest BCUT2D eigenvalue weighted by atomic mass is 10.2. The standard InChI is InChI=1S/C20H17N5O/c26-20(16-6-8-18(9-7-16)24-12-3-4-13-24)22-19-10-14-25(23-19)15-17-5-1-2-11-21-17/h1-14H,15H2,(H,22,23,26). The Hall–Kier alpha value is -3.67. The van der Waals surface area contributed by atoms with E-state index in [1.165, 1.54) is 0 Å². The SMILES string of the molecule is O=C(Nc1ccn(Cc2ccccn2)n1)c1ccc(-n2cccc2)cc1. The molecule has 0 radical (unpaired) electrons. The Morgan fingerprint density at radius 3 is 2.46 bits per heavy atom. The number of hydrogen-bond acceptors (Lipinski definition) is 3. The van der Waals surface area contributed by atoms with Crippen LogP contribution in [0.5, 0.6) is 0 Å². The van der Waals surface area contributed by atoms with E-state index in [9.17, 15) is 4.79 Å². The van der Waals surface area contributed by atoms with Gasteiger partial charge in [-0.1, -0.05) is 6.07 Å². The molecule has 3 heterocycles. The van der Waals surface area contributed by atoms with Crippen LogP contribution in [0.3, 0.4) is 0 Å². The first kappa shape index (κ1) is 15.8. The highest BCUT2D eigenvalue weighted by molar-refractivity contribution is 6.03. The van der Waals surface area contributed by atoms with Crippen LogP contribution < -0.4 is 5.32 Å². The third-order valence-electron chi connectivity index (χ3n) is 3.96. The van der Waals surface area contributed by atoms with Gasteiger partial charge < -0.3 is 9.88 Å². The quantitative estimate of drug-likeness (QED) is 0.604. The van der Waals surface area contributed by atoms with Crippen molar-refractivity contribution in [1.82, 2.24) is 19.3 Å². The number of nitrogens with zero attached hydrogens (tertiary/aromatic N) is 4. The Bertz CT molecular complexity index is 988. The number of benzene rings is 1. The molecule has 0 atom stereocenters. The van der Waals surface area contributed by atoms with Crippen molar-refractivity contribution in [2.75, 3.05) is 5.32 Å². The van der Waals surface area contributed by atoms with E-state index in [-0.39, 0.29) is 5.91 Å². The molecular weight excluding hydrogens is 326 g/mol. The lowest BCUT2D eigenvalue weighted by Gasteiger charge is -2.05. The monoisotopic (exact) mass is 343 g/mol. The first-order chi connectivity index (χ1) is 12.8. The zero-order valence-electron chi connectivity index (χ0n) is 14.0. The maximum absolute atomic E-state index is 12.4. The van der Waals surface area contributed by atoms with E-state index in [2.05, 4.69) is 15.4 Å². The molecule has 0 saturated carbocycles. The van der Waals surface area contributed by atoms with Crippen molar-refractivity contribution in [1.29, 1.82) is 0 Å². The van der Waals surface area contributed by atoms with E-state index >= 15 is 0 Å². The summed E-state index contributed by atoms with van der Waals surface area (Å²) in [6.45, 7) is 0.558. The van der Waals surface area contributed by atoms with E-state index in [1.807, 2.05) is 65.6 Å². The number of amides is 1. The van der Waals surface area contributed by atoms with Gasteiger partial charge in [-0.15, -0.1) is 0 Å². The third-order valence-corrected chi connectivity index (χ3v) is 3.96. The van der Waals surface area contributed by atoms with Crippen molar-refractivity contribution in [3.8, 4) is 5.69 Å². The van der Waals surface area contributed by atoms with E-state index in [4.69, 9.17) is 0 Å². The number of carbonyl (C=O) groups is 1. The number of hydrogen-bond donors (Lipinski definition) is 1. The van der Waals surface area contributed by atoms with Crippen molar-refractivity contribution < 1.29 is 4.79 Å². The highest BCUT2D eigenvalue weighted by atomic mass is 16.1. The lowest BCUT2D eigenvalue weighted by molar-refractivity contribution is 0.102. The van der Waals surface area contributed by atoms with Gasteiger partial charge in [0, 0.05) is 42.1 Å². The normalized spacial score (nSPS) is 10.6. The van der Waals surface area contributed by atoms with Crippen molar-refractivity contribution in [3.05, 3.63) is 96.7 Å². The van der Waals surface area contributed by atoms with Crippen LogP contribution in [0.15, 0.2) is 85.5 Å². The van der Waals surface area contributed by atoms with Gasteiger partial charge in [-0.2, -0.15) is 5.10 Å². The van der Waals surface area contributed by atoms with Crippen molar-refractivity contribution in [3.63, 3.8) is 0 Å². The van der Waals surface area contributed by atoms with Crippen LogP contribution in [0.1, 0.15) is 16.1 Å². The summed E-state index contributed by atoms with van der Waals surface area (Å²) in [6, 6.07) is 18.9. The van der Waals surface area contributed by atoms with Crippen LogP contribution in [0.25, 0.3) is 5.69 Å². The van der Waals surface area contributed by atoms with Gasteiger partial charge in [-0.25, -0.2) is 0 Å². The molecule has 128 valence electrons. The minimum atomic E-state index is -0.188. The molecule has 0 aliphatic heterocycles. The fourth-order valence-corrected chi connectivity index (χ4v) is 2.65. The summed E-state index contributed by atoms with van der Waals surface area (Å²) in [5.74, 6) is 0.326. The molecule has 0 saturated heterocycles. The van der Waals surface area contributed by atoms with Gasteiger partial charge in [0.1, 0.15) is 0 Å². The minimum absolute atomic E-state index is 0.188. The summed E-state index contributed by atoms with van der Waals surface area (Å²) in [7, 11) is 0. The van der Waals surface area contributed by atoms with Crippen LogP contribution >= 0.6 is 0 Å². The van der Waals surface area contributed by atoms with Crippen molar-refractivity contribution in [2.45, 2.75) is 6.54 Å². The smallest absolute Gasteiger partial charge is 0.256 e. The second-order valence-corrected chi connectivity index (χ2v) is 5.81. The Labute approximate surface area is 150 Å². The summed E-state index contributed by atoms with van der Waals surface area (Å²) in [5, 5.41) is 7.19. The molecule has 1 amide bonds. The van der Waals surface area contributed by atoms with Crippen LogP contribution in [-0.4, -0.2) is 25.2 Å². The number of aromatic nitrogens is 4. The molecule has 1 aromatic carbocycles. The average molecular weight is 343 g/mol. The molecule has 1 N–H and O–H groups in total. The largest absolute Gasteiger partial charge is 0.324 e. The van der Waals surface area contributed by atoms with E-state index in [1.54, 1.807) is 29.1 Å². The fourth-order valence-electron chi connectivity index (χ4n) is 2.65. The Kier molecular flexibility index (Phi) is 4.30. The fraction of sp³-hybridized carbons (Fsp3) is 0.0500. The maximum Gasteiger partial charge on any atom is 0.256 e. The Balaban J connectivity index is 1.42. The molecule has 0 unspecified atom stereocenters. The van der Waals surface area contributed by atoms with Crippen LogP contribution in [0.2, 0.25) is 0 Å². The van der Waals surface area contributed by atoms with E-state index in [0.717, 1.165) is 11.4 Å². The summed E-state index contributed by atoms with van der Waals surface area (Å²) in [6.07, 6.45) is 7.49. The summed E-state index contributed by atoms with van der Waals surface area (Å²) in [5.41, 5.74) is 2.50. The second kappa shape index (κ2) is 7.06. The lowest BCUT2D eigenvalue weighted by Crippen LogP contribution is -2.13. The molecule has 6 nitrogen and oxygen atoms in total. The third kappa shape index (κ3) is 3.54. The van der Waals surface area contributed by atoms with Gasteiger partial charge in [0.15, 0.2) is 5.82 Å². The van der Waals surface area contributed by atoms with Gasteiger partial charge in [0.05, 0.1) is 12.2 Å². The highest BCUT2D eigenvalue weighted by Crippen LogP contribution is 2.12. The van der Waals surface area contributed by atoms with Crippen molar-refractivity contribution >= 4 is 11.7 Å². The number of anilines is 1. The summed E-state index contributed by atoms with van der Waals surface area (Å²) in [4.78, 5) is 16.7. The van der Waals surface area contributed by atoms with Gasteiger partial charge in [-0.3, -0.25) is 14.5 Å². The summed E-state index contributed by atoms with van der Waals surface area (Å²) < 4.78 is 3.73. The Morgan fingerprint density at radius 1 is 0.923 bits per heavy atom. The molecular formula is C20H17N5O. The predicted molar refractivity (Wildman–Crippen MR) is 99.3 cm³/mol. The van der Waals surface area contributed by atoms with Gasteiger partial charge in [-0.05, 0) is 48.5 Å². The van der Waals surface area contributed by atoms with E-state index < -0.39 is 0 Å². The zero-order valence-corrected chi connectivity index (χ0v) is 14.0. The number of pyridine rings is 1. The molecule has 6 heteroatoms. The van der Waals surface area contributed by atoms with Crippen LogP contribution in [0, 0.1) is 0 Å². The Morgan fingerprint density at radius 2 is 1.73 bits per heavy atom. The molecule has 0 aliphatic rings. The van der Waals surface area contributed by atoms with E-state index in [0.29, 0.717) is 17.9 Å². The first-order valence-corrected chi connectivity index (χ1v) is 8.26. The molecule has 4 aromatic rings. The van der Waals surface area contributed by atoms with Crippen LogP contribution in [0.4, 0.5) is 5.82 Å². The molecule has 0 bridgehead atoms. The van der Waals surface area contributed by atoms with Gasteiger partial charge in [0.25, 0.3) is 5.91 Å². The molecule has 4 rings (SSSR count). The molecule has 26 heavy (non-hydrogen) atoms. The topological polar surface area (TPSA) is 64.7 Å². The highest BCUT2D eigenvalue weighted by Gasteiger charge is 2.08. The van der Waals surface area contributed by atoms with Crippen LogP contribution in [-0.2, 0) is 6.54 Å². The van der Waals surface area contributed by atoms with Gasteiger partial charge in [0.2, 0.25) is 0 Å². The van der Waals surface area contributed by atoms with Gasteiger partial charge >= 0.3 is 0 Å². The molecule has 0 spiro atoms.